The van der Waals surface area contributed by atoms with E-state index in [9.17, 15) is 0 Å². The summed E-state index contributed by atoms with van der Waals surface area (Å²) in [4.78, 5) is 4.35. The van der Waals surface area contributed by atoms with Crippen molar-refractivity contribution < 1.29 is 9.13 Å². The molecule has 0 saturated carbocycles. The van der Waals surface area contributed by atoms with E-state index < -0.39 is 12.1 Å². The Kier molecular flexibility index (Phi) is 4.45. The second kappa shape index (κ2) is 7.36. The molecule has 2 atom stereocenters. The summed E-state index contributed by atoms with van der Waals surface area (Å²) in [5.74, 6) is 0.847. The number of rotatable bonds is 2. The molecule has 0 bridgehead atoms. The first kappa shape index (κ1) is 19.3. The molecule has 2 aliphatic heterocycles. The summed E-state index contributed by atoms with van der Waals surface area (Å²) in [5, 5.41) is 8.97. The number of aromatic nitrogens is 3. The molecule has 0 spiro atoms. The molecule has 2 aliphatic rings. The molecule has 4 aromatic rings. The van der Waals surface area contributed by atoms with E-state index in [1.807, 2.05) is 42.5 Å². The Morgan fingerprint density at radius 3 is 2.56 bits per heavy atom. The second-order valence-electron chi connectivity index (χ2n) is 7.60. The van der Waals surface area contributed by atoms with Crippen LogP contribution < -0.4 is 10.1 Å². The Labute approximate surface area is 193 Å². The average molecular weight is 465 g/mol. The Bertz CT molecular complexity index is 1380. The maximum absolute atomic E-state index is 15.1. The fourth-order valence-corrected chi connectivity index (χ4v) is 4.65. The molecule has 158 valence electrons. The van der Waals surface area contributed by atoms with Gasteiger partial charge in [-0.05, 0) is 42.0 Å². The van der Waals surface area contributed by atoms with E-state index in [0.717, 1.165) is 22.4 Å². The highest BCUT2D eigenvalue weighted by atomic mass is 35.5. The van der Waals surface area contributed by atoms with E-state index in [-0.39, 0.29) is 5.82 Å². The summed E-state index contributed by atoms with van der Waals surface area (Å²) in [7, 11) is 0. The van der Waals surface area contributed by atoms with Gasteiger partial charge in [-0.25, -0.2) is 9.07 Å². The molecule has 0 amide bonds. The maximum atomic E-state index is 15.1. The van der Waals surface area contributed by atoms with Crippen molar-refractivity contribution in [3.05, 3.63) is 111 Å². The highest BCUT2D eigenvalue weighted by Gasteiger charge is 2.41. The molecule has 0 fully saturated rings. The maximum Gasteiger partial charge on any atom is 0.226 e. The van der Waals surface area contributed by atoms with E-state index in [0.29, 0.717) is 27.3 Å². The summed E-state index contributed by atoms with van der Waals surface area (Å²) >= 11 is 12.5. The van der Waals surface area contributed by atoms with Crippen LogP contribution in [0.5, 0.6) is 5.75 Å². The van der Waals surface area contributed by atoms with Gasteiger partial charge < -0.3 is 10.1 Å². The van der Waals surface area contributed by atoms with Crippen LogP contribution >= 0.6 is 23.2 Å². The van der Waals surface area contributed by atoms with Crippen LogP contribution in [0.1, 0.15) is 28.8 Å². The van der Waals surface area contributed by atoms with Crippen LogP contribution in [0.25, 0.3) is 5.70 Å². The first-order valence-electron chi connectivity index (χ1n) is 9.97. The molecule has 6 rings (SSSR count). The van der Waals surface area contributed by atoms with Crippen LogP contribution in [-0.4, -0.2) is 14.8 Å². The van der Waals surface area contributed by atoms with Gasteiger partial charge in [0, 0.05) is 26.7 Å². The van der Waals surface area contributed by atoms with Crippen molar-refractivity contribution in [3.8, 4) is 5.75 Å². The van der Waals surface area contributed by atoms with Gasteiger partial charge in [0.15, 0.2) is 0 Å². The van der Waals surface area contributed by atoms with E-state index in [2.05, 4.69) is 15.4 Å². The third kappa shape index (κ3) is 2.98. The predicted octanol–water partition coefficient (Wildman–Crippen LogP) is 6.28. The van der Waals surface area contributed by atoms with E-state index in [1.165, 1.54) is 12.4 Å². The normalized spacial score (nSPS) is 18.8. The van der Waals surface area contributed by atoms with E-state index in [4.69, 9.17) is 27.9 Å². The summed E-state index contributed by atoms with van der Waals surface area (Å²) in [6, 6.07) is 19.0. The smallest absolute Gasteiger partial charge is 0.226 e. The van der Waals surface area contributed by atoms with Gasteiger partial charge in [0.05, 0.1) is 5.70 Å². The highest BCUT2D eigenvalue weighted by molar-refractivity contribution is 6.31. The summed E-state index contributed by atoms with van der Waals surface area (Å²) in [5.41, 5.74) is 3.73. The number of ether oxygens (including phenoxy) is 1. The molecular formula is C24H15Cl2FN4O. The van der Waals surface area contributed by atoms with Gasteiger partial charge in [0.25, 0.3) is 0 Å². The predicted molar refractivity (Wildman–Crippen MR) is 121 cm³/mol. The van der Waals surface area contributed by atoms with Crippen LogP contribution in [-0.2, 0) is 0 Å². The monoisotopic (exact) mass is 464 g/mol. The fourth-order valence-electron chi connectivity index (χ4n) is 4.35. The molecule has 0 aliphatic carbocycles. The third-order valence-electron chi connectivity index (χ3n) is 5.75. The zero-order chi connectivity index (χ0) is 21.8. The van der Waals surface area contributed by atoms with Crippen molar-refractivity contribution >= 4 is 34.8 Å². The molecular weight excluding hydrogens is 450 g/mol. The molecule has 8 heteroatoms. The lowest BCUT2D eigenvalue weighted by Gasteiger charge is -2.39. The number of nitrogens with one attached hydrogen (secondary N) is 1. The summed E-state index contributed by atoms with van der Waals surface area (Å²) < 4.78 is 23.3. The SMILES string of the molecule is Fc1ccccc1C1C2=C(Nc3ncnn31)c1cc(Cl)ccc1OC2c1ccc(Cl)cc1. The summed E-state index contributed by atoms with van der Waals surface area (Å²) in [6.45, 7) is 0. The zero-order valence-electron chi connectivity index (χ0n) is 16.5. The second-order valence-corrected chi connectivity index (χ2v) is 8.47. The molecule has 1 N–H and O–H groups in total. The minimum Gasteiger partial charge on any atom is -0.480 e. The van der Waals surface area contributed by atoms with Crippen molar-refractivity contribution in [2.75, 3.05) is 5.32 Å². The zero-order valence-corrected chi connectivity index (χ0v) is 18.0. The minimum absolute atomic E-state index is 0.334. The van der Waals surface area contributed by atoms with E-state index >= 15 is 4.39 Å². The standard InChI is InChI=1S/C24H15Cl2FN4O/c25-14-7-5-13(6-8-14)23-20-21(17-11-15(26)9-10-19(17)32-23)30-24-28-12-29-31(24)22(20)16-3-1-2-4-18(16)27/h1-12,22-23H,(H,28,29,30). The van der Waals surface area contributed by atoms with Crippen molar-refractivity contribution in [1.82, 2.24) is 14.8 Å². The van der Waals surface area contributed by atoms with Crippen molar-refractivity contribution in [2.45, 2.75) is 12.1 Å². The minimum atomic E-state index is -0.572. The van der Waals surface area contributed by atoms with Gasteiger partial charge in [-0.1, -0.05) is 53.5 Å². The van der Waals surface area contributed by atoms with Gasteiger partial charge >= 0.3 is 0 Å². The van der Waals surface area contributed by atoms with Gasteiger partial charge in [-0.3, -0.25) is 0 Å². The van der Waals surface area contributed by atoms with Crippen molar-refractivity contribution in [3.63, 3.8) is 0 Å². The molecule has 5 nitrogen and oxygen atoms in total. The molecule has 3 heterocycles. The van der Waals surface area contributed by atoms with Crippen molar-refractivity contribution in [2.24, 2.45) is 0 Å². The van der Waals surface area contributed by atoms with Crippen LogP contribution in [0, 0.1) is 5.82 Å². The van der Waals surface area contributed by atoms with Crippen molar-refractivity contribution in [1.29, 1.82) is 0 Å². The Morgan fingerprint density at radius 1 is 0.969 bits per heavy atom. The number of benzene rings is 3. The first-order valence-corrected chi connectivity index (χ1v) is 10.7. The topological polar surface area (TPSA) is 52.0 Å². The number of halogens is 3. The lowest BCUT2D eigenvalue weighted by atomic mass is 9.84. The summed E-state index contributed by atoms with van der Waals surface area (Å²) in [6.07, 6.45) is 0.941. The molecule has 1 aromatic heterocycles. The van der Waals surface area contributed by atoms with Gasteiger partial charge in [-0.15, -0.1) is 0 Å². The average Bonchev–Trinajstić information content (AvgIpc) is 3.27. The Hall–Kier alpha value is -3.35. The lowest BCUT2D eigenvalue weighted by Crippen LogP contribution is -2.32. The van der Waals surface area contributed by atoms with Crippen LogP contribution in [0.15, 0.2) is 78.6 Å². The first-order chi connectivity index (χ1) is 15.6. The number of fused-ring (bicyclic) bond motifs is 3. The van der Waals surface area contributed by atoms with Gasteiger partial charge in [-0.2, -0.15) is 10.1 Å². The van der Waals surface area contributed by atoms with E-state index in [1.54, 1.807) is 22.9 Å². The quantitative estimate of drug-likeness (QED) is 0.379. The highest BCUT2D eigenvalue weighted by Crippen LogP contribution is 2.51. The Balaban J connectivity index is 1.65. The molecule has 0 saturated heterocycles. The number of anilines is 1. The molecule has 0 radical (unpaired) electrons. The number of nitrogens with zero attached hydrogens (tertiary/aromatic N) is 3. The van der Waals surface area contributed by atoms with Crippen LogP contribution in [0.3, 0.4) is 0 Å². The van der Waals surface area contributed by atoms with Crippen LogP contribution in [0.4, 0.5) is 10.3 Å². The van der Waals surface area contributed by atoms with Gasteiger partial charge in [0.2, 0.25) is 5.95 Å². The fraction of sp³-hybridized carbons (Fsp3) is 0.0833. The molecule has 3 aromatic carbocycles. The Morgan fingerprint density at radius 2 is 1.75 bits per heavy atom. The lowest BCUT2D eigenvalue weighted by molar-refractivity contribution is 0.222. The molecule has 32 heavy (non-hydrogen) atoms. The van der Waals surface area contributed by atoms with Crippen LogP contribution in [0.2, 0.25) is 10.0 Å². The van der Waals surface area contributed by atoms with Gasteiger partial charge in [0.1, 0.15) is 30.0 Å². The largest absolute Gasteiger partial charge is 0.480 e. The molecule has 2 unspecified atom stereocenters. The number of hydrogen-bond acceptors (Lipinski definition) is 4. The third-order valence-corrected chi connectivity index (χ3v) is 6.24. The number of hydrogen-bond donors (Lipinski definition) is 1.